The van der Waals surface area contributed by atoms with E-state index in [9.17, 15) is 4.79 Å². The molecule has 0 unspecified atom stereocenters. The van der Waals surface area contributed by atoms with E-state index in [1.807, 2.05) is 25.1 Å². The second-order valence-electron chi connectivity index (χ2n) is 6.10. The fourth-order valence-corrected chi connectivity index (χ4v) is 4.33. The predicted molar refractivity (Wildman–Crippen MR) is 105 cm³/mol. The first-order chi connectivity index (χ1) is 12.0. The summed E-state index contributed by atoms with van der Waals surface area (Å²) in [6.45, 7) is 6.64. The van der Waals surface area contributed by atoms with Crippen LogP contribution in [0.15, 0.2) is 35.7 Å². The summed E-state index contributed by atoms with van der Waals surface area (Å²) in [5, 5.41) is 7.03. The molecule has 1 N–H and O–H groups in total. The van der Waals surface area contributed by atoms with E-state index in [0.717, 1.165) is 38.3 Å². The van der Waals surface area contributed by atoms with Crippen molar-refractivity contribution in [2.24, 2.45) is 0 Å². The van der Waals surface area contributed by atoms with Gasteiger partial charge in [0, 0.05) is 23.9 Å². The molecule has 25 heavy (non-hydrogen) atoms. The quantitative estimate of drug-likeness (QED) is 0.685. The second kappa shape index (κ2) is 7.89. The van der Waals surface area contributed by atoms with Gasteiger partial charge in [-0.3, -0.25) is 4.79 Å². The van der Waals surface area contributed by atoms with E-state index in [1.54, 1.807) is 11.3 Å². The van der Waals surface area contributed by atoms with Gasteiger partial charge in [0.25, 0.3) is 5.91 Å². The molecule has 0 aliphatic carbocycles. The summed E-state index contributed by atoms with van der Waals surface area (Å²) >= 11 is 3.09. The lowest BCUT2D eigenvalue weighted by Gasteiger charge is -2.06. The number of nitrogens with one attached hydrogen (secondary N) is 1. The highest BCUT2D eigenvalue weighted by Crippen LogP contribution is 2.25. The van der Waals surface area contributed by atoms with E-state index >= 15 is 0 Å². The number of aryl methyl sites for hydroxylation is 1. The predicted octanol–water partition coefficient (Wildman–Crippen LogP) is 4.67. The molecule has 0 aliphatic rings. The number of thiazole rings is 2. The Hall–Kier alpha value is -2.05. The number of hydrogen-bond acceptors (Lipinski definition) is 5. The van der Waals surface area contributed by atoms with Crippen LogP contribution in [0, 0.1) is 6.92 Å². The van der Waals surface area contributed by atoms with Crippen LogP contribution in [0.3, 0.4) is 0 Å². The summed E-state index contributed by atoms with van der Waals surface area (Å²) in [4.78, 5) is 22.3. The Balaban J connectivity index is 1.58. The van der Waals surface area contributed by atoms with Gasteiger partial charge < -0.3 is 5.32 Å². The molecule has 3 rings (SSSR count). The fraction of sp³-hybridized carbons (Fsp3) is 0.316. The lowest BCUT2D eigenvalue weighted by molar-refractivity contribution is 0.0956. The van der Waals surface area contributed by atoms with Gasteiger partial charge in [-0.1, -0.05) is 44.2 Å². The molecular weight excluding hydrogens is 350 g/mol. The van der Waals surface area contributed by atoms with Crippen molar-refractivity contribution >= 4 is 28.6 Å². The van der Waals surface area contributed by atoms with Crippen molar-refractivity contribution in [3.63, 3.8) is 0 Å². The number of carbonyl (C=O) groups is 1. The topological polar surface area (TPSA) is 54.9 Å². The number of benzene rings is 1. The Labute approximate surface area is 156 Å². The first-order valence-corrected chi connectivity index (χ1v) is 9.99. The third-order valence-electron chi connectivity index (χ3n) is 3.76. The van der Waals surface area contributed by atoms with Crippen LogP contribution in [0.25, 0.3) is 11.3 Å². The zero-order valence-corrected chi connectivity index (χ0v) is 16.2. The van der Waals surface area contributed by atoms with Crippen LogP contribution in [0.4, 0.5) is 0 Å². The Bertz CT molecular complexity index is 853. The van der Waals surface area contributed by atoms with Gasteiger partial charge in [0.15, 0.2) is 0 Å². The van der Waals surface area contributed by atoms with Crippen molar-refractivity contribution in [3.8, 4) is 11.3 Å². The lowest BCUT2D eigenvalue weighted by Crippen LogP contribution is -2.26. The normalized spacial score (nSPS) is 11.0. The number of carbonyl (C=O) groups excluding carboxylic acids is 1. The minimum atomic E-state index is -0.0332. The first kappa shape index (κ1) is 17.8. The zero-order valence-electron chi connectivity index (χ0n) is 14.6. The van der Waals surface area contributed by atoms with Gasteiger partial charge in [0.2, 0.25) is 0 Å². The van der Waals surface area contributed by atoms with Crippen molar-refractivity contribution < 1.29 is 4.79 Å². The Kier molecular flexibility index (Phi) is 5.60. The SMILES string of the molecule is Cc1nc(C(C)C)c(C(=O)NCCc2nc(-c3ccccc3)cs2)s1. The van der Waals surface area contributed by atoms with Gasteiger partial charge in [0.1, 0.15) is 4.88 Å². The number of nitrogens with zero attached hydrogens (tertiary/aromatic N) is 2. The van der Waals surface area contributed by atoms with Crippen LogP contribution in [0.2, 0.25) is 0 Å². The fourth-order valence-electron chi connectivity index (χ4n) is 2.53. The number of rotatable bonds is 6. The van der Waals surface area contributed by atoms with Crippen LogP contribution >= 0.6 is 22.7 Å². The summed E-state index contributed by atoms with van der Waals surface area (Å²) in [6.07, 6.45) is 0.734. The van der Waals surface area contributed by atoms with E-state index in [1.165, 1.54) is 11.3 Å². The van der Waals surface area contributed by atoms with Crippen molar-refractivity contribution in [2.45, 2.75) is 33.1 Å². The highest BCUT2D eigenvalue weighted by molar-refractivity contribution is 7.13. The molecule has 0 saturated heterocycles. The number of amides is 1. The van der Waals surface area contributed by atoms with Crippen LogP contribution in [0.1, 0.15) is 45.1 Å². The van der Waals surface area contributed by atoms with E-state index in [-0.39, 0.29) is 11.8 Å². The van der Waals surface area contributed by atoms with E-state index in [4.69, 9.17) is 0 Å². The minimum Gasteiger partial charge on any atom is -0.351 e. The molecule has 1 amide bonds. The maximum absolute atomic E-state index is 12.4. The molecule has 0 bridgehead atoms. The van der Waals surface area contributed by atoms with E-state index in [0.29, 0.717) is 6.54 Å². The summed E-state index contributed by atoms with van der Waals surface area (Å²) in [6, 6.07) is 10.1. The molecule has 2 heterocycles. The molecule has 0 spiro atoms. The molecule has 4 nitrogen and oxygen atoms in total. The maximum Gasteiger partial charge on any atom is 0.263 e. The molecular formula is C19H21N3OS2. The Morgan fingerprint density at radius 2 is 1.96 bits per heavy atom. The Morgan fingerprint density at radius 3 is 2.68 bits per heavy atom. The van der Waals surface area contributed by atoms with Crippen LogP contribution in [-0.2, 0) is 6.42 Å². The molecule has 0 atom stereocenters. The maximum atomic E-state index is 12.4. The monoisotopic (exact) mass is 371 g/mol. The highest BCUT2D eigenvalue weighted by atomic mass is 32.1. The van der Waals surface area contributed by atoms with Gasteiger partial charge in [-0.2, -0.15) is 0 Å². The molecule has 0 fully saturated rings. The second-order valence-corrected chi connectivity index (χ2v) is 8.25. The van der Waals surface area contributed by atoms with Gasteiger partial charge in [-0.25, -0.2) is 9.97 Å². The molecule has 130 valence electrons. The third-order valence-corrected chi connectivity index (χ3v) is 5.65. The summed E-state index contributed by atoms with van der Waals surface area (Å²) < 4.78 is 0. The summed E-state index contributed by atoms with van der Waals surface area (Å²) in [7, 11) is 0. The molecule has 3 aromatic rings. The number of hydrogen-bond donors (Lipinski definition) is 1. The summed E-state index contributed by atoms with van der Waals surface area (Å²) in [5.41, 5.74) is 3.00. The zero-order chi connectivity index (χ0) is 17.8. The molecule has 1 aromatic carbocycles. The minimum absolute atomic E-state index is 0.0332. The van der Waals surface area contributed by atoms with Crippen LogP contribution < -0.4 is 5.32 Å². The third kappa shape index (κ3) is 4.32. The lowest BCUT2D eigenvalue weighted by atomic mass is 10.1. The molecule has 0 saturated carbocycles. The standard InChI is InChI=1S/C19H21N3OS2/c1-12(2)17-18(25-13(3)21-17)19(23)20-10-9-16-22-15(11-24-16)14-7-5-4-6-8-14/h4-8,11-12H,9-10H2,1-3H3,(H,20,23). The van der Waals surface area contributed by atoms with Gasteiger partial charge in [-0.05, 0) is 12.8 Å². The largest absolute Gasteiger partial charge is 0.351 e. The van der Waals surface area contributed by atoms with E-state index in [2.05, 4.69) is 46.6 Å². The first-order valence-electron chi connectivity index (χ1n) is 8.30. The molecule has 0 radical (unpaired) electrons. The van der Waals surface area contributed by atoms with Crippen molar-refractivity contribution in [3.05, 3.63) is 56.3 Å². The molecule has 0 aliphatic heterocycles. The average Bonchev–Trinajstić information content (AvgIpc) is 3.22. The highest BCUT2D eigenvalue weighted by Gasteiger charge is 2.18. The van der Waals surface area contributed by atoms with Gasteiger partial charge in [-0.15, -0.1) is 22.7 Å². The average molecular weight is 372 g/mol. The van der Waals surface area contributed by atoms with Crippen molar-refractivity contribution in [2.75, 3.05) is 6.54 Å². The smallest absolute Gasteiger partial charge is 0.263 e. The van der Waals surface area contributed by atoms with E-state index < -0.39 is 0 Å². The van der Waals surface area contributed by atoms with Crippen LogP contribution in [-0.4, -0.2) is 22.4 Å². The van der Waals surface area contributed by atoms with Crippen LogP contribution in [0.5, 0.6) is 0 Å². The van der Waals surface area contributed by atoms with Crippen molar-refractivity contribution in [1.82, 2.24) is 15.3 Å². The van der Waals surface area contributed by atoms with Gasteiger partial charge >= 0.3 is 0 Å². The molecule has 2 aromatic heterocycles. The molecule has 6 heteroatoms. The number of aromatic nitrogens is 2. The van der Waals surface area contributed by atoms with Gasteiger partial charge in [0.05, 0.1) is 21.4 Å². The van der Waals surface area contributed by atoms with Crippen molar-refractivity contribution in [1.29, 1.82) is 0 Å². The Morgan fingerprint density at radius 1 is 1.20 bits per heavy atom. The summed E-state index contributed by atoms with van der Waals surface area (Å²) in [5.74, 6) is 0.215.